The maximum atomic E-state index is 13.6. The van der Waals surface area contributed by atoms with Gasteiger partial charge in [-0.1, -0.05) is 6.42 Å². The summed E-state index contributed by atoms with van der Waals surface area (Å²) in [4.78, 5) is 9.63. The highest BCUT2D eigenvalue weighted by Gasteiger charge is 2.37. The molecule has 1 aromatic heterocycles. The number of anilines is 1. The molecule has 2 atom stereocenters. The third-order valence-electron chi connectivity index (χ3n) is 3.72. The van der Waals surface area contributed by atoms with E-state index in [0.717, 1.165) is 19.3 Å². The van der Waals surface area contributed by atoms with Gasteiger partial charge in [0.15, 0.2) is 11.6 Å². The molecule has 0 amide bonds. The summed E-state index contributed by atoms with van der Waals surface area (Å²) in [6.07, 6.45) is 5.00. The van der Waals surface area contributed by atoms with Crippen molar-refractivity contribution in [1.29, 1.82) is 0 Å². The van der Waals surface area contributed by atoms with Crippen molar-refractivity contribution >= 4 is 17.4 Å². The molecule has 3 rings (SSSR count). The van der Waals surface area contributed by atoms with Crippen LogP contribution in [0.5, 0.6) is 0 Å². The van der Waals surface area contributed by atoms with Crippen molar-refractivity contribution in [3.8, 4) is 0 Å². The topological polar surface area (TPSA) is 29.0 Å². The molecule has 2 heterocycles. The van der Waals surface area contributed by atoms with Gasteiger partial charge in [0, 0.05) is 13.1 Å². The number of nitrogens with zero attached hydrogens (tertiary/aromatic N) is 3. The standard InChI is InChI=1S/C11H13ClFN3/c12-11-14-4-9(13)10(15-11)16-5-7-2-1-3-8(7)6-16/h4,7-8H,1-3,5-6H2. The molecule has 2 unspecified atom stereocenters. The van der Waals surface area contributed by atoms with Gasteiger partial charge in [-0.15, -0.1) is 0 Å². The number of fused-ring (bicyclic) bond motifs is 1. The van der Waals surface area contributed by atoms with Gasteiger partial charge in [-0.05, 0) is 36.3 Å². The minimum atomic E-state index is -0.371. The predicted octanol–water partition coefficient (Wildman–Crippen LogP) is 2.51. The van der Waals surface area contributed by atoms with Crippen LogP contribution in [-0.4, -0.2) is 23.1 Å². The Morgan fingerprint density at radius 3 is 2.69 bits per heavy atom. The number of hydrogen-bond donors (Lipinski definition) is 0. The van der Waals surface area contributed by atoms with Crippen molar-refractivity contribution in [3.05, 3.63) is 17.3 Å². The highest BCUT2D eigenvalue weighted by Crippen LogP contribution is 2.39. The molecular weight excluding hydrogens is 229 g/mol. The second-order valence-electron chi connectivity index (χ2n) is 4.67. The first-order valence-electron chi connectivity index (χ1n) is 5.67. The van der Waals surface area contributed by atoms with Gasteiger partial charge in [-0.2, -0.15) is 4.98 Å². The van der Waals surface area contributed by atoms with Crippen LogP contribution in [0.25, 0.3) is 0 Å². The molecule has 0 aromatic carbocycles. The Labute approximate surface area is 98.6 Å². The van der Waals surface area contributed by atoms with Crippen LogP contribution in [0.2, 0.25) is 5.28 Å². The average molecular weight is 242 g/mol. The van der Waals surface area contributed by atoms with E-state index < -0.39 is 0 Å². The summed E-state index contributed by atoms with van der Waals surface area (Å²) >= 11 is 5.70. The largest absolute Gasteiger partial charge is 0.353 e. The van der Waals surface area contributed by atoms with Crippen LogP contribution in [-0.2, 0) is 0 Å². The lowest BCUT2D eigenvalue weighted by Gasteiger charge is -2.18. The van der Waals surface area contributed by atoms with Gasteiger partial charge in [0.1, 0.15) is 0 Å². The molecule has 1 saturated heterocycles. The molecule has 0 radical (unpaired) electrons. The molecule has 3 nitrogen and oxygen atoms in total. The molecule has 1 aliphatic heterocycles. The Balaban J connectivity index is 1.85. The monoisotopic (exact) mass is 241 g/mol. The lowest BCUT2D eigenvalue weighted by Crippen LogP contribution is -2.23. The van der Waals surface area contributed by atoms with Crippen molar-refractivity contribution in [2.45, 2.75) is 19.3 Å². The van der Waals surface area contributed by atoms with E-state index in [-0.39, 0.29) is 11.1 Å². The summed E-state index contributed by atoms with van der Waals surface area (Å²) < 4.78 is 13.6. The van der Waals surface area contributed by atoms with E-state index in [4.69, 9.17) is 11.6 Å². The third kappa shape index (κ3) is 1.65. The molecule has 1 aliphatic carbocycles. The number of halogens is 2. The van der Waals surface area contributed by atoms with Gasteiger partial charge in [0.25, 0.3) is 0 Å². The Morgan fingerprint density at radius 1 is 1.31 bits per heavy atom. The lowest BCUT2D eigenvalue weighted by molar-refractivity contribution is 0.494. The van der Waals surface area contributed by atoms with Gasteiger partial charge in [-0.25, -0.2) is 9.37 Å². The summed E-state index contributed by atoms with van der Waals surface area (Å²) in [5.41, 5.74) is 0. The Bertz CT molecular complexity index is 400. The quantitative estimate of drug-likeness (QED) is 0.708. The van der Waals surface area contributed by atoms with Crippen molar-refractivity contribution in [1.82, 2.24) is 9.97 Å². The van der Waals surface area contributed by atoms with Gasteiger partial charge >= 0.3 is 0 Å². The highest BCUT2D eigenvalue weighted by atomic mass is 35.5. The van der Waals surface area contributed by atoms with Crippen LogP contribution in [0.3, 0.4) is 0 Å². The molecule has 1 saturated carbocycles. The molecule has 0 bridgehead atoms. The first-order valence-corrected chi connectivity index (χ1v) is 6.05. The van der Waals surface area contributed by atoms with Crippen molar-refractivity contribution < 1.29 is 4.39 Å². The van der Waals surface area contributed by atoms with Crippen LogP contribution in [0.4, 0.5) is 10.2 Å². The van der Waals surface area contributed by atoms with Crippen LogP contribution in [0, 0.1) is 17.7 Å². The number of rotatable bonds is 1. The van der Waals surface area contributed by atoms with E-state index in [9.17, 15) is 4.39 Å². The second-order valence-corrected chi connectivity index (χ2v) is 5.00. The third-order valence-corrected chi connectivity index (χ3v) is 3.90. The van der Waals surface area contributed by atoms with E-state index >= 15 is 0 Å². The molecule has 2 aliphatic rings. The highest BCUT2D eigenvalue weighted by molar-refractivity contribution is 6.28. The predicted molar refractivity (Wildman–Crippen MR) is 60.0 cm³/mol. The average Bonchev–Trinajstić information content (AvgIpc) is 2.81. The number of aromatic nitrogens is 2. The summed E-state index contributed by atoms with van der Waals surface area (Å²) in [7, 11) is 0. The van der Waals surface area contributed by atoms with Crippen molar-refractivity contribution in [2.75, 3.05) is 18.0 Å². The zero-order valence-electron chi connectivity index (χ0n) is 8.87. The first kappa shape index (κ1) is 10.3. The van der Waals surface area contributed by atoms with Gasteiger partial charge in [0.2, 0.25) is 5.28 Å². The zero-order chi connectivity index (χ0) is 11.1. The Hall–Kier alpha value is -0.900. The van der Waals surface area contributed by atoms with E-state index in [1.807, 2.05) is 4.90 Å². The van der Waals surface area contributed by atoms with E-state index in [1.54, 1.807) is 0 Å². The second kappa shape index (κ2) is 3.84. The van der Waals surface area contributed by atoms with E-state index in [2.05, 4.69) is 9.97 Å². The lowest BCUT2D eigenvalue weighted by atomic mass is 10.0. The summed E-state index contributed by atoms with van der Waals surface area (Å²) in [6, 6.07) is 0. The van der Waals surface area contributed by atoms with Crippen LogP contribution < -0.4 is 4.90 Å². The van der Waals surface area contributed by atoms with Gasteiger partial charge in [-0.3, -0.25) is 0 Å². The normalized spacial score (nSPS) is 28.5. The number of hydrogen-bond acceptors (Lipinski definition) is 3. The summed E-state index contributed by atoms with van der Waals surface area (Å²) in [5, 5.41) is 0.119. The van der Waals surface area contributed by atoms with Crippen LogP contribution >= 0.6 is 11.6 Å². The molecule has 16 heavy (non-hydrogen) atoms. The van der Waals surface area contributed by atoms with Crippen molar-refractivity contribution in [3.63, 3.8) is 0 Å². The van der Waals surface area contributed by atoms with Crippen LogP contribution in [0.1, 0.15) is 19.3 Å². The molecular formula is C11H13ClFN3. The molecule has 5 heteroatoms. The first-order chi connectivity index (χ1) is 7.74. The zero-order valence-corrected chi connectivity index (χ0v) is 9.62. The van der Waals surface area contributed by atoms with Crippen LogP contribution in [0.15, 0.2) is 6.20 Å². The fourth-order valence-corrected chi connectivity index (χ4v) is 3.10. The van der Waals surface area contributed by atoms with Crippen molar-refractivity contribution in [2.24, 2.45) is 11.8 Å². The fourth-order valence-electron chi connectivity index (χ4n) is 2.97. The van der Waals surface area contributed by atoms with E-state index in [1.165, 1.54) is 19.3 Å². The molecule has 0 spiro atoms. The maximum Gasteiger partial charge on any atom is 0.224 e. The minimum absolute atomic E-state index is 0.119. The van der Waals surface area contributed by atoms with Gasteiger partial charge in [0.05, 0.1) is 6.20 Å². The summed E-state index contributed by atoms with van der Waals surface area (Å²) in [6.45, 7) is 1.82. The maximum absolute atomic E-state index is 13.6. The minimum Gasteiger partial charge on any atom is -0.353 e. The Morgan fingerprint density at radius 2 is 2.00 bits per heavy atom. The smallest absolute Gasteiger partial charge is 0.224 e. The fraction of sp³-hybridized carbons (Fsp3) is 0.636. The summed E-state index contributed by atoms with van der Waals surface area (Å²) in [5.74, 6) is 1.43. The molecule has 1 aromatic rings. The molecule has 86 valence electrons. The van der Waals surface area contributed by atoms with Gasteiger partial charge < -0.3 is 4.90 Å². The van der Waals surface area contributed by atoms with E-state index in [0.29, 0.717) is 17.7 Å². The molecule has 0 N–H and O–H groups in total. The Kier molecular flexibility index (Phi) is 2.46. The molecule has 2 fully saturated rings. The SMILES string of the molecule is Fc1cnc(Cl)nc1N1CC2CCCC2C1.